The van der Waals surface area contributed by atoms with Crippen molar-refractivity contribution in [1.82, 2.24) is 10.2 Å². The number of nitrogens with zero attached hydrogens (tertiary/aromatic N) is 3. The van der Waals surface area contributed by atoms with Crippen LogP contribution in [0.2, 0.25) is 0 Å². The van der Waals surface area contributed by atoms with Crippen molar-refractivity contribution in [2.24, 2.45) is 4.99 Å². The molecule has 1 aromatic rings. The first-order valence-corrected chi connectivity index (χ1v) is 10.5. The molecule has 0 saturated carbocycles. The highest BCUT2D eigenvalue weighted by Crippen LogP contribution is 2.28. The first kappa shape index (κ1) is 19.2. The van der Waals surface area contributed by atoms with Gasteiger partial charge < -0.3 is 25.0 Å². The minimum atomic E-state index is -0.631. The molecule has 3 rings (SSSR count). The maximum absolute atomic E-state index is 10.6. The van der Waals surface area contributed by atoms with E-state index in [4.69, 9.17) is 9.73 Å². The van der Waals surface area contributed by atoms with Gasteiger partial charge in [-0.05, 0) is 31.2 Å². The molecule has 2 heterocycles. The Morgan fingerprint density at radius 2 is 2.15 bits per heavy atom. The highest BCUT2D eigenvalue weighted by atomic mass is 32.2. The van der Waals surface area contributed by atoms with Crippen LogP contribution in [0, 0.1) is 0 Å². The van der Waals surface area contributed by atoms with Gasteiger partial charge in [0.05, 0.1) is 19.3 Å². The molecule has 1 unspecified atom stereocenters. The van der Waals surface area contributed by atoms with E-state index in [9.17, 15) is 5.11 Å². The standard InChI is InChI=1S/C19H30N4O2S/c1-3-20-18(21-14-19(24)7-12-26-15-19)23-10-8-22(9-11-23)16-5-4-6-17(13-16)25-2/h4-6,13,24H,3,7-12,14-15H2,1-2H3,(H,20,21). The summed E-state index contributed by atoms with van der Waals surface area (Å²) >= 11 is 1.81. The van der Waals surface area contributed by atoms with E-state index in [0.717, 1.165) is 62.4 Å². The van der Waals surface area contributed by atoms with Crippen LogP contribution in [0.5, 0.6) is 5.75 Å². The molecule has 1 atom stereocenters. The van der Waals surface area contributed by atoms with Crippen LogP contribution in [0.15, 0.2) is 29.3 Å². The Balaban J connectivity index is 1.60. The molecular weight excluding hydrogens is 348 g/mol. The van der Waals surface area contributed by atoms with Crippen molar-refractivity contribution in [3.63, 3.8) is 0 Å². The molecule has 2 saturated heterocycles. The lowest BCUT2D eigenvalue weighted by atomic mass is 10.0. The van der Waals surface area contributed by atoms with Gasteiger partial charge in [-0.25, -0.2) is 0 Å². The van der Waals surface area contributed by atoms with Gasteiger partial charge in [0.1, 0.15) is 5.75 Å². The number of ether oxygens (including phenoxy) is 1. The number of aliphatic imine (C=N–C) groups is 1. The molecule has 0 aliphatic carbocycles. The summed E-state index contributed by atoms with van der Waals surface area (Å²) in [5.74, 6) is 3.63. The largest absolute Gasteiger partial charge is 0.497 e. The minimum absolute atomic E-state index is 0.485. The lowest BCUT2D eigenvalue weighted by Gasteiger charge is -2.38. The van der Waals surface area contributed by atoms with E-state index < -0.39 is 5.60 Å². The van der Waals surface area contributed by atoms with Crippen LogP contribution in [-0.4, -0.2) is 79.5 Å². The van der Waals surface area contributed by atoms with Crippen molar-refractivity contribution in [3.8, 4) is 5.75 Å². The molecule has 2 aliphatic rings. The Morgan fingerprint density at radius 3 is 2.81 bits per heavy atom. The minimum Gasteiger partial charge on any atom is -0.497 e. The average molecular weight is 379 g/mol. The average Bonchev–Trinajstić information content (AvgIpc) is 3.12. The second-order valence-electron chi connectivity index (χ2n) is 6.87. The maximum Gasteiger partial charge on any atom is 0.194 e. The van der Waals surface area contributed by atoms with Crippen molar-refractivity contribution < 1.29 is 9.84 Å². The fraction of sp³-hybridized carbons (Fsp3) is 0.632. The van der Waals surface area contributed by atoms with Gasteiger partial charge in [0.25, 0.3) is 0 Å². The summed E-state index contributed by atoms with van der Waals surface area (Å²) in [7, 11) is 1.70. The smallest absolute Gasteiger partial charge is 0.194 e. The van der Waals surface area contributed by atoms with Crippen molar-refractivity contribution in [3.05, 3.63) is 24.3 Å². The zero-order valence-corrected chi connectivity index (χ0v) is 16.6. The number of rotatable bonds is 5. The van der Waals surface area contributed by atoms with Gasteiger partial charge in [0.2, 0.25) is 0 Å². The summed E-state index contributed by atoms with van der Waals surface area (Å²) in [6.45, 7) is 7.12. The Hall–Kier alpha value is -1.60. The van der Waals surface area contributed by atoms with E-state index in [-0.39, 0.29) is 0 Å². The molecule has 1 aromatic carbocycles. The van der Waals surface area contributed by atoms with Crippen LogP contribution in [0.3, 0.4) is 0 Å². The number of hydrogen-bond donors (Lipinski definition) is 2. The van der Waals surface area contributed by atoms with Gasteiger partial charge in [0.15, 0.2) is 5.96 Å². The predicted octanol–water partition coefficient (Wildman–Crippen LogP) is 1.65. The van der Waals surface area contributed by atoms with Crippen LogP contribution in [0.1, 0.15) is 13.3 Å². The van der Waals surface area contributed by atoms with Crippen LogP contribution < -0.4 is 15.0 Å². The summed E-state index contributed by atoms with van der Waals surface area (Å²) in [5.41, 5.74) is 0.566. The third kappa shape index (κ3) is 4.76. The van der Waals surface area contributed by atoms with Crippen LogP contribution >= 0.6 is 11.8 Å². The molecule has 0 amide bonds. The second-order valence-corrected chi connectivity index (χ2v) is 7.98. The number of nitrogens with one attached hydrogen (secondary N) is 1. The Morgan fingerprint density at radius 1 is 1.35 bits per heavy atom. The van der Waals surface area contributed by atoms with E-state index in [2.05, 4.69) is 34.2 Å². The number of anilines is 1. The number of guanidine groups is 1. The molecule has 2 N–H and O–H groups in total. The molecule has 7 heteroatoms. The van der Waals surface area contributed by atoms with E-state index in [1.165, 1.54) is 5.69 Å². The molecule has 2 fully saturated rings. The molecule has 6 nitrogen and oxygen atoms in total. The van der Waals surface area contributed by atoms with Crippen LogP contribution in [0.25, 0.3) is 0 Å². The quantitative estimate of drug-likeness (QED) is 0.600. The Kier molecular flexibility index (Phi) is 6.53. The third-order valence-electron chi connectivity index (χ3n) is 4.94. The predicted molar refractivity (Wildman–Crippen MR) is 110 cm³/mol. The summed E-state index contributed by atoms with van der Waals surface area (Å²) in [5, 5.41) is 13.9. The van der Waals surface area contributed by atoms with Gasteiger partial charge in [-0.2, -0.15) is 11.8 Å². The Bertz CT molecular complexity index is 611. The lowest BCUT2D eigenvalue weighted by Crippen LogP contribution is -2.53. The normalized spacial score (nSPS) is 24.0. The number of methoxy groups -OCH3 is 1. The first-order valence-electron chi connectivity index (χ1n) is 9.36. The number of piperazine rings is 1. The highest BCUT2D eigenvalue weighted by molar-refractivity contribution is 7.99. The molecule has 0 aromatic heterocycles. The molecule has 0 spiro atoms. The van der Waals surface area contributed by atoms with Crippen LogP contribution in [0.4, 0.5) is 5.69 Å². The van der Waals surface area contributed by atoms with Gasteiger partial charge in [0, 0.05) is 50.2 Å². The van der Waals surface area contributed by atoms with Crippen molar-refractivity contribution in [2.45, 2.75) is 18.9 Å². The topological polar surface area (TPSA) is 60.3 Å². The molecule has 0 bridgehead atoms. The van der Waals surface area contributed by atoms with Crippen molar-refractivity contribution in [1.29, 1.82) is 0 Å². The van der Waals surface area contributed by atoms with Crippen molar-refractivity contribution >= 4 is 23.4 Å². The number of hydrogen-bond acceptors (Lipinski definition) is 5. The molecular formula is C19H30N4O2S. The molecule has 26 heavy (non-hydrogen) atoms. The summed E-state index contributed by atoms with van der Waals surface area (Å²) in [4.78, 5) is 9.42. The lowest BCUT2D eigenvalue weighted by molar-refractivity contribution is 0.0775. The van der Waals surface area contributed by atoms with E-state index in [0.29, 0.717) is 6.54 Å². The molecule has 0 radical (unpaired) electrons. The zero-order chi connectivity index (χ0) is 18.4. The fourth-order valence-corrected chi connectivity index (χ4v) is 4.64. The van der Waals surface area contributed by atoms with Crippen molar-refractivity contribution in [2.75, 3.05) is 62.8 Å². The molecule has 144 valence electrons. The summed E-state index contributed by atoms with van der Waals surface area (Å²) in [6.07, 6.45) is 0.837. The number of thioether (sulfide) groups is 1. The first-order chi connectivity index (χ1) is 12.6. The molecule has 2 aliphatic heterocycles. The zero-order valence-electron chi connectivity index (χ0n) is 15.8. The van der Waals surface area contributed by atoms with Gasteiger partial charge in [-0.1, -0.05) is 6.07 Å². The number of aliphatic hydroxyl groups is 1. The van der Waals surface area contributed by atoms with Gasteiger partial charge >= 0.3 is 0 Å². The second kappa shape index (κ2) is 8.86. The number of benzene rings is 1. The van der Waals surface area contributed by atoms with Crippen LogP contribution in [-0.2, 0) is 0 Å². The Labute approximate surface area is 160 Å². The highest BCUT2D eigenvalue weighted by Gasteiger charge is 2.32. The monoisotopic (exact) mass is 378 g/mol. The van der Waals surface area contributed by atoms with Gasteiger partial charge in [-0.15, -0.1) is 0 Å². The van der Waals surface area contributed by atoms with E-state index in [1.54, 1.807) is 7.11 Å². The van der Waals surface area contributed by atoms with E-state index >= 15 is 0 Å². The summed E-state index contributed by atoms with van der Waals surface area (Å²) < 4.78 is 5.34. The van der Waals surface area contributed by atoms with Gasteiger partial charge in [-0.3, -0.25) is 4.99 Å². The SMILES string of the molecule is CCNC(=NCC1(O)CCSC1)N1CCN(c2cccc(OC)c2)CC1. The van der Waals surface area contributed by atoms with E-state index in [1.807, 2.05) is 23.9 Å². The maximum atomic E-state index is 10.6. The summed E-state index contributed by atoms with van der Waals surface area (Å²) in [6, 6.07) is 8.22. The third-order valence-corrected chi connectivity index (χ3v) is 6.17. The fourth-order valence-electron chi connectivity index (χ4n) is 3.35.